The minimum Gasteiger partial charge on any atom is -1.00 e. The van der Waals surface area contributed by atoms with E-state index in [1.54, 1.807) is 0 Å². The zero-order chi connectivity index (χ0) is 10.9. The van der Waals surface area contributed by atoms with Crippen molar-refractivity contribution in [2.75, 3.05) is 0 Å². The molecule has 0 aliphatic carbocycles. The van der Waals surface area contributed by atoms with E-state index in [1.165, 1.54) is 0 Å². The Bertz CT molecular complexity index is 368. The van der Waals surface area contributed by atoms with Crippen molar-refractivity contribution < 1.29 is 63.2 Å². The van der Waals surface area contributed by atoms with Gasteiger partial charge in [0.1, 0.15) is 5.75 Å². The Labute approximate surface area is 106 Å². The maximum atomic E-state index is 12.7. The van der Waals surface area contributed by atoms with Crippen LogP contribution in [0.25, 0.3) is 0 Å². The van der Waals surface area contributed by atoms with E-state index in [0.717, 1.165) is 0 Å². The fourth-order valence-electron chi connectivity index (χ4n) is 0.750. The van der Waals surface area contributed by atoms with E-state index < -0.39 is 36.3 Å². The summed E-state index contributed by atoms with van der Waals surface area (Å²) in [5, 5.41) is 16.4. The maximum Gasteiger partial charge on any atom is 1.00 e. The molecule has 1 aromatic carbocycles. The smallest absolute Gasteiger partial charge is 1.00 e. The van der Waals surface area contributed by atoms with Gasteiger partial charge in [0, 0.05) is 6.07 Å². The van der Waals surface area contributed by atoms with Gasteiger partial charge in [0.15, 0.2) is 11.6 Å². The molecule has 1 rings (SSSR count). The Hall–Kier alpha value is -0.275. The number of benzene rings is 1. The molecule has 0 radical (unpaired) electrons. The molecule has 0 bridgehead atoms. The van der Waals surface area contributed by atoms with Crippen LogP contribution in [0.5, 0.6) is 5.75 Å². The maximum absolute atomic E-state index is 12.7. The van der Waals surface area contributed by atoms with E-state index in [4.69, 9.17) is 10.0 Å². The fourth-order valence-corrected chi connectivity index (χ4v) is 0.750. The summed E-state index contributed by atoms with van der Waals surface area (Å²) in [6.07, 6.45) is 0. The van der Waals surface area contributed by atoms with Gasteiger partial charge >= 0.3 is 36.9 Å². The summed E-state index contributed by atoms with van der Waals surface area (Å²) in [7, 11) is -2.45. The summed E-state index contributed by atoms with van der Waals surface area (Å²) < 4.78 is 53.8. The Morgan fingerprint density at radius 3 is 2.07 bits per heavy atom. The predicted octanol–water partition coefficient (Wildman–Crippen LogP) is -2.29. The van der Waals surface area contributed by atoms with Gasteiger partial charge in [0.2, 0.25) is 11.6 Å². The number of hydrogen-bond donors (Lipinski definition) is 2. The van der Waals surface area contributed by atoms with Crippen molar-refractivity contribution in [2.24, 2.45) is 0 Å². The average molecular weight is 234 g/mol. The van der Waals surface area contributed by atoms with Crippen LogP contribution < -0.4 is 34.2 Å². The number of hydrogen-bond acceptors (Lipinski definition) is 3. The number of rotatable bonds is 2. The van der Waals surface area contributed by atoms with Gasteiger partial charge in [0.05, 0.1) is 0 Å². The van der Waals surface area contributed by atoms with Crippen LogP contribution in [-0.4, -0.2) is 17.4 Å². The first-order valence-electron chi connectivity index (χ1n) is 3.29. The van der Waals surface area contributed by atoms with Crippen molar-refractivity contribution in [2.45, 2.75) is 0 Å². The Kier molecular flexibility index (Phi) is 5.61. The molecular weight excluding hydrogens is 230 g/mol. The molecule has 0 amide bonds. The van der Waals surface area contributed by atoms with Crippen LogP contribution in [0.1, 0.15) is 1.43 Å². The quantitative estimate of drug-likeness (QED) is 0.262. The van der Waals surface area contributed by atoms with Crippen LogP contribution in [0.15, 0.2) is 6.07 Å². The summed E-state index contributed by atoms with van der Waals surface area (Å²) in [6.45, 7) is 0. The Morgan fingerprint density at radius 2 is 1.60 bits per heavy atom. The van der Waals surface area contributed by atoms with E-state index >= 15 is 0 Å². The molecule has 0 saturated heterocycles. The molecule has 3 nitrogen and oxygen atoms in total. The van der Waals surface area contributed by atoms with E-state index in [2.05, 4.69) is 4.65 Å². The van der Waals surface area contributed by atoms with Crippen molar-refractivity contribution >= 4 is 7.32 Å². The third-order valence-corrected chi connectivity index (χ3v) is 1.30. The van der Waals surface area contributed by atoms with E-state index in [9.17, 15) is 17.6 Å². The van der Waals surface area contributed by atoms with E-state index in [1.807, 2.05) is 0 Å². The van der Waals surface area contributed by atoms with Crippen molar-refractivity contribution in [3.05, 3.63) is 29.3 Å². The molecule has 0 aliphatic heterocycles. The van der Waals surface area contributed by atoms with Crippen LogP contribution >= 0.6 is 0 Å². The zero-order valence-electron chi connectivity index (χ0n) is 8.47. The summed E-state index contributed by atoms with van der Waals surface area (Å²) in [5.41, 5.74) is 0. The first-order valence-corrected chi connectivity index (χ1v) is 3.29. The first kappa shape index (κ1) is 14.7. The van der Waals surface area contributed by atoms with Gasteiger partial charge in [-0.3, -0.25) is 0 Å². The molecule has 0 fully saturated rings. The minimum absolute atomic E-state index is 0. The van der Waals surface area contributed by atoms with Crippen LogP contribution in [0.2, 0.25) is 0 Å². The molecule has 1 aromatic rings. The van der Waals surface area contributed by atoms with Crippen LogP contribution in [-0.2, 0) is 0 Å². The SMILES string of the molecule is OB(O)Oc1cc(F)c(F)c(F)c1F.[H-].[Na+]. The Morgan fingerprint density at radius 1 is 1.07 bits per heavy atom. The molecule has 9 heteroatoms. The van der Waals surface area contributed by atoms with Gasteiger partial charge in [-0.05, 0) is 0 Å². The third kappa shape index (κ3) is 3.35. The summed E-state index contributed by atoms with van der Waals surface area (Å²) in [6, 6.07) is 0.160. The molecule has 0 aromatic heterocycles. The molecule has 0 heterocycles. The topological polar surface area (TPSA) is 49.7 Å². The largest absolute Gasteiger partial charge is 1.00 e. The van der Waals surface area contributed by atoms with Crippen LogP contribution in [0.4, 0.5) is 17.6 Å². The summed E-state index contributed by atoms with van der Waals surface area (Å²) in [5.74, 6) is -8.74. The summed E-state index contributed by atoms with van der Waals surface area (Å²) in [4.78, 5) is 0. The van der Waals surface area contributed by atoms with Crippen molar-refractivity contribution in [3.63, 3.8) is 0 Å². The molecule has 78 valence electrons. The fraction of sp³-hybridized carbons (Fsp3) is 0. The molecule has 2 N–H and O–H groups in total. The average Bonchev–Trinajstić information content (AvgIpc) is 2.10. The first-order chi connectivity index (χ1) is 6.43. The molecule has 0 unspecified atom stereocenters. The second kappa shape index (κ2) is 5.71. The minimum atomic E-state index is -2.45. The van der Waals surface area contributed by atoms with Gasteiger partial charge in [-0.2, -0.15) is 4.39 Å². The molecule has 0 aliphatic rings. The molecule has 0 saturated carbocycles. The van der Waals surface area contributed by atoms with Crippen molar-refractivity contribution in [1.29, 1.82) is 0 Å². The molecule has 0 atom stereocenters. The summed E-state index contributed by atoms with van der Waals surface area (Å²) >= 11 is 0. The van der Waals surface area contributed by atoms with Crippen LogP contribution in [0, 0.1) is 23.3 Å². The van der Waals surface area contributed by atoms with Crippen molar-refractivity contribution in [1.82, 2.24) is 0 Å². The van der Waals surface area contributed by atoms with Crippen LogP contribution in [0.3, 0.4) is 0 Å². The predicted molar refractivity (Wildman–Crippen MR) is 38.2 cm³/mol. The van der Waals surface area contributed by atoms with Gasteiger partial charge in [-0.15, -0.1) is 0 Å². The monoisotopic (exact) mass is 234 g/mol. The number of halogens is 4. The van der Waals surface area contributed by atoms with Gasteiger partial charge < -0.3 is 16.1 Å². The van der Waals surface area contributed by atoms with Gasteiger partial charge in [-0.25, -0.2) is 13.2 Å². The molecular formula is C6H4BF4NaO3. The van der Waals surface area contributed by atoms with E-state index in [-0.39, 0.29) is 37.1 Å². The van der Waals surface area contributed by atoms with E-state index in [0.29, 0.717) is 0 Å². The van der Waals surface area contributed by atoms with Crippen molar-refractivity contribution in [3.8, 4) is 5.75 Å². The molecule has 0 spiro atoms. The normalized spacial score (nSPS) is 9.47. The Balaban J connectivity index is 0. The molecule has 15 heavy (non-hydrogen) atoms. The second-order valence-electron chi connectivity index (χ2n) is 2.24. The standard InChI is InChI=1S/C6H3BF4O3.Na.H/c8-2-1-3(14-7(12)13)5(10)6(11)4(2)9;;/h1,12-13H;;/q;+1;-1. The van der Waals surface area contributed by atoms with Gasteiger partial charge in [0.25, 0.3) is 0 Å². The zero-order valence-corrected chi connectivity index (χ0v) is 9.47. The second-order valence-corrected chi connectivity index (χ2v) is 2.24. The third-order valence-electron chi connectivity index (χ3n) is 1.30. The van der Waals surface area contributed by atoms with Gasteiger partial charge in [-0.1, -0.05) is 0 Å².